The number of amides is 2. The SMILES string of the molecule is C=CCNC(=O)[C@H]1CC(=O)N(c2cnn(CC(C)C)c2)C1. The van der Waals surface area contributed by atoms with E-state index in [1.165, 1.54) is 0 Å². The van der Waals surface area contributed by atoms with E-state index in [-0.39, 0.29) is 24.2 Å². The summed E-state index contributed by atoms with van der Waals surface area (Å²) in [7, 11) is 0. The molecule has 0 spiro atoms. The zero-order valence-corrected chi connectivity index (χ0v) is 12.6. The molecule has 1 atom stereocenters. The fourth-order valence-electron chi connectivity index (χ4n) is 2.42. The number of carbonyl (C=O) groups is 2. The van der Waals surface area contributed by atoms with Crippen LogP contribution in [0.15, 0.2) is 25.0 Å². The second-order valence-electron chi connectivity index (χ2n) is 5.75. The fourth-order valence-corrected chi connectivity index (χ4v) is 2.42. The molecule has 0 aliphatic carbocycles. The molecule has 0 saturated carbocycles. The molecule has 1 aliphatic rings. The van der Waals surface area contributed by atoms with Crippen LogP contribution in [0.1, 0.15) is 20.3 Å². The van der Waals surface area contributed by atoms with E-state index < -0.39 is 0 Å². The van der Waals surface area contributed by atoms with Crippen LogP contribution in [0.5, 0.6) is 0 Å². The number of nitrogens with one attached hydrogen (secondary N) is 1. The highest BCUT2D eigenvalue weighted by Gasteiger charge is 2.35. The predicted molar refractivity (Wildman–Crippen MR) is 80.7 cm³/mol. The van der Waals surface area contributed by atoms with Gasteiger partial charge in [0.15, 0.2) is 0 Å². The van der Waals surface area contributed by atoms with Crippen molar-refractivity contribution in [2.75, 3.05) is 18.0 Å². The maximum atomic E-state index is 12.1. The van der Waals surface area contributed by atoms with Gasteiger partial charge >= 0.3 is 0 Å². The van der Waals surface area contributed by atoms with Gasteiger partial charge < -0.3 is 10.2 Å². The summed E-state index contributed by atoms with van der Waals surface area (Å²) in [5.41, 5.74) is 0.764. The zero-order chi connectivity index (χ0) is 15.4. The molecule has 2 rings (SSSR count). The molecule has 1 saturated heterocycles. The van der Waals surface area contributed by atoms with Gasteiger partial charge in [0.1, 0.15) is 0 Å². The third-order valence-electron chi connectivity index (χ3n) is 3.40. The smallest absolute Gasteiger partial charge is 0.227 e. The Hall–Kier alpha value is -2.11. The Balaban J connectivity index is 2.01. The van der Waals surface area contributed by atoms with Gasteiger partial charge in [0.2, 0.25) is 11.8 Å². The summed E-state index contributed by atoms with van der Waals surface area (Å²) in [5, 5.41) is 7.01. The summed E-state index contributed by atoms with van der Waals surface area (Å²) in [4.78, 5) is 25.6. The minimum absolute atomic E-state index is 0.0298. The van der Waals surface area contributed by atoms with E-state index >= 15 is 0 Å². The first-order chi connectivity index (χ1) is 10.0. The minimum Gasteiger partial charge on any atom is -0.352 e. The molecule has 1 fully saturated rings. The van der Waals surface area contributed by atoms with Crippen molar-refractivity contribution in [2.45, 2.75) is 26.8 Å². The van der Waals surface area contributed by atoms with Gasteiger partial charge in [-0.1, -0.05) is 19.9 Å². The molecule has 6 heteroatoms. The Morgan fingerprint density at radius 3 is 3.05 bits per heavy atom. The van der Waals surface area contributed by atoms with E-state index in [2.05, 4.69) is 30.8 Å². The molecular weight excluding hydrogens is 268 g/mol. The summed E-state index contributed by atoms with van der Waals surface area (Å²) in [6.45, 7) is 9.44. The molecule has 114 valence electrons. The number of nitrogens with zero attached hydrogens (tertiary/aromatic N) is 3. The van der Waals surface area contributed by atoms with Crippen LogP contribution in [-0.4, -0.2) is 34.7 Å². The maximum absolute atomic E-state index is 12.1. The largest absolute Gasteiger partial charge is 0.352 e. The highest BCUT2D eigenvalue weighted by molar-refractivity contribution is 6.00. The van der Waals surface area contributed by atoms with Crippen molar-refractivity contribution >= 4 is 17.5 Å². The van der Waals surface area contributed by atoms with Gasteiger partial charge in [-0.3, -0.25) is 14.3 Å². The van der Waals surface area contributed by atoms with Gasteiger partial charge in [-0.05, 0) is 5.92 Å². The lowest BCUT2D eigenvalue weighted by Crippen LogP contribution is -2.32. The number of hydrogen-bond donors (Lipinski definition) is 1. The Morgan fingerprint density at radius 2 is 2.38 bits per heavy atom. The quantitative estimate of drug-likeness (QED) is 0.800. The van der Waals surface area contributed by atoms with E-state index in [0.717, 1.165) is 12.2 Å². The predicted octanol–water partition coefficient (Wildman–Crippen LogP) is 1.19. The summed E-state index contributed by atoms with van der Waals surface area (Å²) < 4.78 is 1.83. The van der Waals surface area contributed by atoms with E-state index in [4.69, 9.17) is 0 Å². The molecule has 1 aliphatic heterocycles. The van der Waals surface area contributed by atoms with E-state index in [9.17, 15) is 9.59 Å². The van der Waals surface area contributed by atoms with Crippen LogP contribution < -0.4 is 10.2 Å². The zero-order valence-electron chi connectivity index (χ0n) is 12.6. The van der Waals surface area contributed by atoms with Crippen molar-refractivity contribution < 1.29 is 9.59 Å². The van der Waals surface area contributed by atoms with Crippen molar-refractivity contribution in [2.24, 2.45) is 11.8 Å². The fraction of sp³-hybridized carbons (Fsp3) is 0.533. The van der Waals surface area contributed by atoms with E-state index in [1.54, 1.807) is 17.2 Å². The second-order valence-corrected chi connectivity index (χ2v) is 5.75. The van der Waals surface area contributed by atoms with Gasteiger partial charge in [0.05, 0.1) is 17.8 Å². The van der Waals surface area contributed by atoms with Crippen LogP contribution in [0, 0.1) is 11.8 Å². The summed E-state index contributed by atoms with van der Waals surface area (Å²) in [6, 6.07) is 0. The number of carbonyl (C=O) groups excluding carboxylic acids is 2. The maximum Gasteiger partial charge on any atom is 0.227 e. The topological polar surface area (TPSA) is 67.2 Å². The first kappa shape index (κ1) is 15.3. The first-order valence-electron chi connectivity index (χ1n) is 7.22. The average molecular weight is 290 g/mol. The normalized spacial score (nSPS) is 18.3. The van der Waals surface area contributed by atoms with Crippen LogP contribution in [0.4, 0.5) is 5.69 Å². The second kappa shape index (κ2) is 6.56. The molecule has 1 aromatic rings. The number of anilines is 1. The van der Waals surface area contributed by atoms with Gasteiger partial charge in [-0.25, -0.2) is 0 Å². The summed E-state index contributed by atoms with van der Waals surface area (Å²) >= 11 is 0. The first-order valence-corrected chi connectivity index (χ1v) is 7.22. The molecule has 21 heavy (non-hydrogen) atoms. The molecule has 2 heterocycles. The highest BCUT2D eigenvalue weighted by Crippen LogP contribution is 2.24. The van der Waals surface area contributed by atoms with Gasteiger partial charge in [-0.15, -0.1) is 6.58 Å². The highest BCUT2D eigenvalue weighted by atomic mass is 16.2. The van der Waals surface area contributed by atoms with Gasteiger partial charge in [-0.2, -0.15) is 5.10 Å². The van der Waals surface area contributed by atoms with Crippen LogP contribution in [0.3, 0.4) is 0 Å². The molecule has 0 radical (unpaired) electrons. The third-order valence-corrected chi connectivity index (χ3v) is 3.40. The molecular formula is C15H22N4O2. The van der Waals surface area contributed by atoms with Gasteiger partial charge in [0.25, 0.3) is 0 Å². The summed E-state index contributed by atoms with van der Waals surface area (Å²) in [5.74, 6) is 0.0635. The molecule has 0 unspecified atom stereocenters. The lowest BCUT2D eigenvalue weighted by Gasteiger charge is -2.14. The number of rotatable bonds is 6. The number of aromatic nitrogens is 2. The summed E-state index contributed by atoms with van der Waals surface area (Å²) in [6.07, 6.45) is 5.42. The van der Waals surface area contributed by atoms with Crippen molar-refractivity contribution in [3.05, 3.63) is 25.0 Å². The van der Waals surface area contributed by atoms with Crippen molar-refractivity contribution in [1.29, 1.82) is 0 Å². The molecule has 1 aromatic heterocycles. The van der Waals surface area contributed by atoms with E-state index in [1.807, 2.05) is 10.9 Å². The van der Waals surface area contributed by atoms with E-state index in [0.29, 0.717) is 19.0 Å². The molecule has 1 N–H and O–H groups in total. The Labute approximate surface area is 124 Å². The Kier molecular flexibility index (Phi) is 4.77. The molecule has 6 nitrogen and oxygen atoms in total. The molecule has 0 bridgehead atoms. The van der Waals surface area contributed by atoms with Crippen LogP contribution in [0.2, 0.25) is 0 Å². The van der Waals surface area contributed by atoms with Crippen LogP contribution >= 0.6 is 0 Å². The Morgan fingerprint density at radius 1 is 1.62 bits per heavy atom. The van der Waals surface area contributed by atoms with Crippen molar-refractivity contribution in [1.82, 2.24) is 15.1 Å². The number of hydrogen-bond acceptors (Lipinski definition) is 3. The van der Waals surface area contributed by atoms with Crippen LogP contribution in [-0.2, 0) is 16.1 Å². The lowest BCUT2D eigenvalue weighted by molar-refractivity contribution is -0.126. The van der Waals surface area contributed by atoms with Crippen LogP contribution in [0.25, 0.3) is 0 Å². The minimum atomic E-state index is -0.300. The molecule has 0 aromatic carbocycles. The van der Waals surface area contributed by atoms with Gasteiger partial charge in [0, 0.05) is 32.3 Å². The third kappa shape index (κ3) is 3.71. The standard InChI is InChI=1S/C15H22N4O2/c1-4-5-16-15(21)12-6-14(20)19(9-12)13-7-17-18(10-13)8-11(2)3/h4,7,10-12H,1,5-6,8-9H2,2-3H3,(H,16,21)/t12-/m0/s1. The molecule has 2 amide bonds. The van der Waals surface area contributed by atoms with Crippen molar-refractivity contribution in [3.8, 4) is 0 Å². The lowest BCUT2D eigenvalue weighted by atomic mass is 10.1. The average Bonchev–Trinajstić information content (AvgIpc) is 3.01. The monoisotopic (exact) mass is 290 g/mol. The van der Waals surface area contributed by atoms with Crippen molar-refractivity contribution in [3.63, 3.8) is 0 Å². The Bertz CT molecular complexity index is 536.